The van der Waals surface area contributed by atoms with E-state index in [1.165, 1.54) is 0 Å². The highest BCUT2D eigenvalue weighted by Gasteiger charge is 2.52. The lowest BCUT2D eigenvalue weighted by Crippen LogP contribution is -2.61. The molecule has 0 saturated heterocycles. The van der Waals surface area contributed by atoms with Crippen molar-refractivity contribution in [2.45, 2.75) is 25.8 Å². The summed E-state index contributed by atoms with van der Waals surface area (Å²) in [4.78, 5) is 27.0. The topological polar surface area (TPSA) is 112 Å². The van der Waals surface area contributed by atoms with Crippen molar-refractivity contribution in [3.63, 3.8) is 0 Å². The van der Waals surface area contributed by atoms with Gasteiger partial charge in [-0.1, -0.05) is 38.1 Å². The fourth-order valence-electron chi connectivity index (χ4n) is 2.67. The van der Waals surface area contributed by atoms with Crippen LogP contribution in [0.2, 0.25) is 0 Å². The lowest BCUT2D eigenvalue weighted by Gasteiger charge is -2.37. The van der Waals surface area contributed by atoms with Crippen molar-refractivity contribution in [1.82, 2.24) is 10.3 Å². The molecular weight excluding hydrogens is 334 g/mol. The number of aromatic nitrogens is 1. The van der Waals surface area contributed by atoms with Gasteiger partial charge < -0.3 is 15.2 Å². The van der Waals surface area contributed by atoms with Gasteiger partial charge in [0.05, 0.1) is 0 Å². The van der Waals surface area contributed by atoms with Crippen molar-refractivity contribution in [1.29, 1.82) is 5.26 Å². The molecule has 134 valence electrons. The Hall–Kier alpha value is -3.40. The largest absolute Gasteiger partial charge is 0.479 e. The summed E-state index contributed by atoms with van der Waals surface area (Å²) < 4.78 is 5.68. The van der Waals surface area contributed by atoms with E-state index in [4.69, 9.17) is 4.74 Å². The number of carboxylic acid groups (broad SMARTS) is 1. The Labute approximate surface area is 151 Å². The highest BCUT2D eigenvalue weighted by Crippen LogP contribution is 2.34. The van der Waals surface area contributed by atoms with Crippen LogP contribution in [0.15, 0.2) is 48.5 Å². The average Bonchev–Trinajstić information content (AvgIpc) is 2.60. The van der Waals surface area contributed by atoms with Gasteiger partial charge in [0.2, 0.25) is 17.8 Å². The van der Waals surface area contributed by atoms with E-state index >= 15 is 0 Å². The number of aliphatic carboxylic acids is 1. The second-order valence-corrected chi connectivity index (χ2v) is 6.37. The van der Waals surface area contributed by atoms with Gasteiger partial charge in [-0.05, 0) is 24.6 Å². The van der Waals surface area contributed by atoms with Crippen molar-refractivity contribution < 1.29 is 19.4 Å². The minimum atomic E-state index is -2.08. The highest BCUT2D eigenvalue weighted by atomic mass is 16.5. The SMILES string of the molecule is CC(C)(Cc1cccc(Oc2ccccc2)n1)C(C#N)(NC=O)C(=O)O. The molecule has 0 spiro atoms. The second-order valence-electron chi connectivity index (χ2n) is 6.37. The lowest BCUT2D eigenvalue weighted by molar-refractivity contribution is -0.148. The molecule has 1 heterocycles. The van der Waals surface area contributed by atoms with Gasteiger partial charge in [0.15, 0.2) is 0 Å². The maximum Gasteiger partial charge on any atom is 0.345 e. The van der Waals surface area contributed by atoms with Crippen LogP contribution >= 0.6 is 0 Å². The van der Waals surface area contributed by atoms with Crippen LogP contribution in [0.5, 0.6) is 11.6 Å². The van der Waals surface area contributed by atoms with Crippen LogP contribution < -0.4 is 10.1 Å². The molecule has 0 aliphatic heterocycles. The van der Waals surface area contributed by atoms with Crippen molar-refractivity contribution >= 4 is 12.4 Å². The third kappa shape index (κ3) is 3.81. The van der Waals surface area contributed by atoms with Gasteiger partial charge in [-0.3, -0.25) is 4.79 Å². The third-order valence-electron chi connectivity index (χ3n) is 4.15. The summed E-state index contributed by atoms with van der Waals surface area (Å²) in [6.07, 6.45) is 0.362. The zero-order valence-electron chi connectivity index (χ0n) is 14.5. The standard InChI is InChI=1S/C19H19N3O4/c1-18(2,19(12-20,17(24)25)21-13-23)11-14-7-6-10-16(22-14)26-15-8-4-3-5-9-15/h3-10,13H,11H2,1-2H3,(H,21,23)(H,24,25). The number of carboxylic acids is 1. The number of nitrogens with zero attached hydrogens (tertiary/aromatic N) is 2. The van der Waals surface area contributed by atoms with Gasteiger partial charge in [0.25, 0.3) is 0 Å². The number of ether oxygens (including phenoxy) is 1. The van der Waals surface area contributed by atoms with Crippen LogP contribution in [-0.2, 0) is 16.0 Å². The molecular formula is C19H19N3O4. The number of rotatable bonds is 8. The number of hydrogen-bond donors (Lipinski definition) is 2. The first-order valence-electron chi connectivity index (χ1n) is 7.89. The molecule has 7 heteroatoms. The third-order valence-corrected chi connectivity index (χ3v) is 4.15. The summed E-state index contributed by atoms with van der Waals surface area (Å²) in [5.41, 5.74) is -2.67. The molecule has 2 rings (SSSR count). The molecule has 0 bridgehead atoms. The molecule has 1 atom stereocenters. The molecule has 1 aromatic heterocycles. The van der Waals surface area contributed by atoms with E-state index in [0.717, 1.165) is 0 Å². The quantitative estimate of drug-likeness (QED) is 0.705. The molecule has 26 heavy (non-hydrogen) atoms. The van der Waals surface area contributed by atoms with Crippen molar-refractivity contribution in [3.8, 4) is 17.7 Å². The number of pyridine rings is 1. The van der Waals surface area contributed by atoms with Crippen LogP contribution in [-0.4, -0.2) is 28.0 Å². The number of carbonyl (C=O) groups excluding carboxylic acids is 1. The van der Waals surface area contributed by atoms with Gasteiger partial charge in [0, 0.05) is 17.2 Å². The first-order chi connectivity index (χ1) is 12.3. The zero-order chi connectivity index (χ0) is 19.2. The van der Waals surface area contributed by atoms with E-state index in [-0.39, 0.29) is 12.8 Å². The molecule has 0 aliphatic rings. The molecule has 2 aromatic rings. The number of benzene rings is 1. The zero-order valence-corrected chi connectivity index (χ0v) is 14.5. The number of nitrogens with one attached hydrogen (secondary N) is 1. The highest BCUT2D eigenvalue weighted by molar-refractivity contribution is 5.86. The van der Waals surface area contributed by atoms with Gasteiger partial charge in [-0.15, -0.1) is 0 Å². The van der Waals surface area contributed by atoms with E-state index in [1.54, 1.807) is 50.2 Å². The van der Waals surface area contributed by atoms with Gasteiger partial charge in [0.1, 0.15) is 11.8 Å². The number of amides is 1. The van der Waals surface area contributed by atoms with E-state index < -0.39 is 16.9 Å². The van der Waals surface area contributed by atoms with Crippen LogP contribution in [0, 0.1) is 16.7 Å². The fraction of sp³-hybridized carbons (Fsp3) is 0.263. The Morgan fingerprint density at radius 1 is 1.27 bits per heavy atom. The first-order valence-corrected chi connectivity index (χ1v) is 7.89. The molecule has 1 amide bonds. The summed E-state index contributed by atoms with van der Waals surface area (Å²) in [5.74, 6) is -0.449. The molecule has 1 unspecified atom stereocenters. The van der Waals surface area contributed by atoms with E-state index in [2.05, 4.69) is 10.3 Å². The Kier molecular flexibility index (Phi) is 5.58. The van der Waals surface area contributed by atoms with Crippen molar-refractivity contribution in [2.24, 2.45) is 5.41 Å². The molecule has 0 radical (unpaired) electrons. The van der Waals surface area contributed by atoms with E-state index in [0.29, 0.717) is 17.3 Å². The van der Waals surface area contributed by atoms with E-state index in [9.17, 15) is 20.0 Å². The van der Waals surface area contributed by atoms with Crippen molar-refractivity contribution in [3.05, 3.63) is 54.2 Å². The smallest absolute Gasteiger partial charge is 0.345 e. The Morgan fingerprint density at radius 3 is 2.54 bits per heavy atom. The monoisotopic (exact) mass is 353 g/mol. The van der Waals surface area contributed by atoms with Gasteiger partial charge >= 0.3 is 5.97 Å². The summed E-state index contributed by atoms with van der Waals surface area (Å²) in [6, 6.07) is 16.0. The number of nitriles is 1. The molecule has 0 aliphatic carbocycles. The number of para-hydroxylation sites is 1. The number of carbonyl (C=O) groups is 2. The molecule has 1 aromatic carbocycles. The maximum atomic E-state index is 11.7. The van der Waals surface area contributed by atoms with Gasteiger partial charge in [-0.25, -0.2) is 9.78 Å². The summed E-state index contributed by atoms with van der Waals surface area (Å²) in [5, 5.41) is 21.1. The number of hydrogen-bond acceptors (Lipinski definition) is 5. The summed E-state index contributed by atoms with van der Waals surface area (Å²) in [6.45, 7) is 3.18. The Balaban J connectivity index is 2.29. The normalized spacial score (nSPS) is 13.1. The predicted octanol–water partition coefficient (Wildman–Crippen LogP) is 2.54. The minimum Gasteiger partial charge on any atom is -0.479 e. The Morgan fingerprint density at radius 2 is 1.96 bits per heavy atom. The summed E-state index contributed by atoms with van der Waals surface area (Å²) in [7, 11) is 0. The molecule has 0 saturated carbocycles. The van der Waals surface area contributed by atoms with Crippen molar-refractivity contribution in [2.75, 3.05) is 0 Å². The Bertz CT molecular complexity index is 830. The minimum absolute atomic E-state index is 0.139. The predicted molar refractivity (Wildman–Crippen MR) is 93.4 cm³/mol. The average molecular weight is 353 g/mol. The molecule has 2 N–H and O–H groups in total. The molecule has 0 fully saturated rings. The molecule has 7 nitrogen and oxygen atoms in total. The van der Waals surface area contributed by atoms with E-state index in [1.807, 2.05) is 18.2 Å². The maximum absolute atomic E-state index is 11.7. The fourth-order valence-corrected chi connectivity index (χ4v) is 2.67. The van der Waals surface area contributed by atoms with Gasteiger partial charge in [-0.2, -0.15) is 5.26 Å². The van der Waals surface area contributed by atoms with Crippen LogP contribution in [0.1, 0.15) is 19.5 Å². The van der Waals surface area contributed by atoms with Crippen LogP contribution in [0.4, 0.5) is 0 Å². The first kappa shape index (κ1) is 18.9. The lowest BCUT2D eigenvalue weighted by atomic mass is 9.70. The summed E-state index contributed by atoms with van der Waals surface area (Å²) >= 11 is 0. The van der Waals surface area contributed by atoms with Crippen LogP contribution in [0.25, 0.3) is 0 Å². The second kappa shape index (κ2) is 7.66. The van der Waals surface area contributed by atoms with Crippen LogP contribution in [0.3, 0.4) is 0 Å².